The molecular weight excluding hydrogens is 198 g/mol. The number of hydrogen-bond acceptors (Lipinski definition) is 2. The largest absolute Gasteiger partial charge is 0.332 e. The molecule has 1 aromatic heterocycles. The molecule has 3 atom stereocenters. The van der Waals surface area contributed by atoms with Crippen molar-refractivity contribution in [1.82, 2.24) is 14.9 Å². The number of hydrogen-bond donors (Lipinski definition) is 1. The van der Waals surface area contributed by atoms with E-state index in [-0.39, 0.29) is 0 Å². The van der Waals surface area contributed by atoms with Crippen LogP contribution in [0.25, 0.3) is 0 Å². The minimum atomic E-state index is 0.505. The van der Waals surface area contributed by atoms with Gasteiger partial charge in [0.1, 0.15) is 0 Å². The molecule has 3 nitrogen and oxygen atoms in total. The third kappa shape index (κ3) is 2.01. The molecule has 3 heteroatoms. The maximum atomic E-state index is 4.32. The lowest BCUT2D eigenvalue weighted by Gasteiger charge is -2.21. The van der Waals surface area contributed by atoms with Gasteiger partial charge < -0.3 is 9.88 Å². The minimum absolute atomic E-state index is 0.505. The van der Waals surface area contributed by atoms with Crippen LogP contribution in [0.3, 0.4) is 0 Å². The average molecular weight is 221 g/mol. The first-order valence-corrected chi connectivity index (χ1v) is 6.41. The standard InChI is InChI=1S/C13H23N3/c1-5-12-11(6-10(4)15-12)13-7-14-8-16(13)9(2)3/h7-12,15H,5-6H2,1-4H3. The quantitative estimate of drug-likeness (QED) is 0.850. The summed E-state index contributed by atoms with van der Waals surface area (Å²) in [5.41, 5.74) is 1.40. The van der Waals surface area contributed by atoms with E-state index in [1.54, 1.807) is 0 Å². The van der Waals surface area contributed by atoms with E-state index in [0.717, 1.165) is 0 Å². The van der Waals surface area contributed by atoms with Gasteiger partial charge in [-0.3, -0.25) is 0 Å². The maximum absolute atomic E-state index is 4.32. The fourth-order valence-electron chi connectivity index (χ4n) is 2.86. The molecule has 0 radical (unpaired) electrons. The van der Waals surface area contributed by atoms with Crippen LogP contribution in [0.4, 0.5) is 0 Å². The molecule has 0 spiro atoms. The van der Waals surface area contributed by atoms with Crippen molar-refractivity contribution in [3.8, 4) is 0 Å². The lowest BCUT2D eigenvalue weighted by molar-refractivity contribution is 0.479. The van der Waals surface area contributed by atoms with Crippen LogP contribution in [0.2, 0.25) is 0 Å². The van der Waals surface area contributed by atoms with Crippen LogP contribution >= 0.6 is 0 Å². The highest BCUT2D eigenvalue weighted by Gasteiger charge is 2.33. The Kier molecular flexibility index (Phi) is 3.33. The Hall–Kier alpha value is -0.830. The first-order valence-electron chi connectivity index (χ1n) is 6.41. The fourth-order valence-corrected chi connectivity index (χ4v) is 2.86. The lowest BCUT2D eigenvalue weighted by Crippen LogP contribution is -2.29. The van der Waals surface area contributed by atoms with Crippen molar-refractivity contribution in [2.24, 2.45) is 0 Å². The van der Waals surface area contributed by atoms with Gasteiger partial charge in [-0.15, -0.1) is 0 Å². The molecular formula is C13H23N3. The third-order valence-corrected chi connectivity index (χ3v) is 3.66. The lowest BCUT2D eigenvalue weighted by atomic mass is 9.94. The van der Waals surface area contributed by atoms with Crippen LogP contribution in [0.1, 0.15) is 58.2 Å². The molecule has 1 fully saturated rings. The van der Waals surface area contributed by atoms with Crippen molar-refractivity contribution in [3.05, 3.63) is 18.2 Å². The molecule has 0 saturated carbocycles. The zero-order valence-corrected chi connectivity index (χ0v) is 10.8. The van der Waals surface area contributed by atoms with E-state index in [2.05, 4.69) is 42.6 Å². The zero-order valence-electron chi connectivity index (χ0n) is 10.8. The molecule has 0 aliphatic carbocycles. The third-order valence-electron chi connectivity index (χ3n) is 3.66. The van der Waals surface area contributed by atoms with E-state index >= 15 is 0 Å². The molecule has 3 unspecified atom stereocenters. The monoisotopic (exact) mass is 221 g/mol. The Morgan fingerprint density at radius 2 is 2.31 bits per heavy atom. The van der Waals surface area contributed by atoms with Crippen LogP contribution in [0.15, 0.2) is 12.5 Å². The average Bonchev–Trinajstić information content (AvgIpc) is 2.82. The van der Waals surface area contributed by atoms with Crippen LogP contribution in [-0.4, -0.2) is 21.6 Å². The summed E-state index contributed by atoms with van der Waals surface area (Å²) in [4.78, 5) is 4.32. The second-order valence-corrected chi connectivity index (χ2v) is 5.24. The summed E-state index contributed by atoms with van der Waals surface area (Å²) >= 11 is 0. The predicted molar refractivity (Wildman–Crippen MR) is 66.6 cm³/mol. The first kappa shape index (κ1) is 11.6. The Labute approximate surface area is 98.3 Å². The van der Waals surface area contributed by atoms with E-state index in [1.807, 2.05) is 12.5 Å². The summed E-state index contributed by atoms with van der Waals surface area (Å²) in [5, 5.41) is 3.67. The van der Waals surface area contributed by atoms with Gasteiger partial charge in [0.25, 0.3) is 0 Å². The normalized spacial score (nSPS) is 30.2. The van der Waals surface area contributed by atoms with Crippen LogP contribution in [0, 0.1) is 0 Å². The molecule has 2 heterocycles. The highest BCUT2D eigenvalue weighted by Crippen LogP contribution is 2.33. The highest BCUT2D eigenvalue weighted by atomic mass is 15.1. The van der Waals surface area contributed by atoms with Gasteiger partial charge in [-0.25, -0.2) is 4.98 Å². The smallest absolute Gasteiger partial charge is 0.0950 e. The highest BCUT2D eigenvalue weighted by molar-refractivity contribution is 5.14. The maximum Gasteiger partial charge on any atom is 0.0950 e. The minimum Gasteiger partial charge on any atom is -0.332 e. The molecule has 1 aliphatic rings. The van der Waals surface area contributed by atoms with Gasteiger partial charge in [0.2, 0.25) is 0 Å². The van der Waals surface area contributed by atoms with E-state index < -0.39 is 0 Å². The molecule has 0 amide bonds. The number of imidazole rings is 1. The van der Waals surface area contributed by atoms with Crippen LogP contribution in [-0.2, 0) is 0 Å². The number of aromatic nitrogens is 2. The summed E-state index contributed by atoms with van der Waals surface area (Å²) in [6.07, 6.45) is 6.44. The molecule has 1 aliphatic heterocycles. The van der Waals surface area contributed by atoms with Crippen molar-refractivity contribution < 1.29 is 0 Å². The van der Waals surface area contributed by atoms with Crippen molar-refractivity contribution in [2.75, 3.05) is 0 Å². The summed E-state index contributed by atoms with van der Waals surface area (Å²) in [6.45, 7) is 8.98. The fraction of sp³-hybridized carbons (Fsp3) is 0.769. The van der Waals surface area contributed by atoms with Crippen molar-refractivity contribution in [3.63, 3.8) is 0 Å². The molecule has 2 rings (SSSR count). The van der Waals surface area contributed by atoms with Gasteiger partial charge in [-0.1, -0.05) is 6.92 Å². The molecule has 16 heavy (non-hydrogen) atoms. The van der Waals surface area contributed by atoms with Crippen molar-refractivity contribution in [1.29, 1.82) is 0 Å². The van der Waals surface area contributed by atoms with Gasteiger partial charge in [0.15, 0.2) is 0 Å². The number of rotatable bonds is 3. The van der Waals surface area contributed by atoms with Crippen molar-refractivity contribution >= 4 is 0 Å². The molecule has 0 bridgehead atoms. The Morgan fingerprint density at radius 3 is 2.94 bits per heavy atom. The second kappa shape index (κ2) is 4.58. The zero-order chi connectivity index (χ0) is 11.7. The Balaban J connectivity index is 2.25. The predicted octanol–water partition coefficient (Wildman–Crippen LogP) is 2.71. The van der Waals surface area contributed by atoms with Gasteiger partial charge in [-0.2, -0.15) is 0 Å². The van der Waals surface area contributed by atoms with Crippen LogP contribution in [0.5, 0.6) is 0 Å². The molecule has 1 aromatic rings. The summed E-state index contributed by atoms with van der Waals surface area (Å²) in [5.74, 6) is 0.630. The molecule has 1 saturated heterocycles. The van der Waals surface area contributed by atoms with E-state index in [4.69, 9.17) is 0 Å². The van der Waals surface area contributed by atoms with Gasteiger partial charge in [0, 0.05) is 35.9 Å². The summed E-state index contributed by atoms with van der Waals surface area (Å²) in [6, 6.07) is 1.75. The van der Waals surface area contributed by atoms with Gasteiger partial charge >= 0.3 is 0 Å². The number of nitrogens with zero attached hydrogens (tertiary/aromatic N) is 2. The van der Waals surface area contributed by atoms with Crippen LogP contribution < -0.4 is 5.32 Å². The Morgan fingerprint density at radius 1 is 1.56 bits per heavy atom. The molecule has 1 N–H and O–H groups in total. The number of nitrogens with one attached hydrogen (secondary N) is 1. The summed E-state index contributed by atoms with van der Waals surface area (Å²) in [7, 11) is 0. The van der Waals surface area contributed by atoms with E-state index in [9.17, 15) is 0 Å². The molecule has 0 aromatic carbocycles. The van der Waals surface area contributed by atoms with Gasteiger partial charge in [0.05, 0.1) is 6.33 Å². The SMILES string of the molecule is CCC1NC(C)CC1c1cncn1C(C)C. The van der Waals surface area contributed by atoms with Crippen molar-refractivity contribution in [2.45, 2.75) is 64.6 Å². The van der Waals surface area contributed by atoms with E-state index in [1.165, 1.54) is 18.5 Å². The van der Waals surface area contributed by atoms with E-state index in [0.29, 0.717) is 24.0 Å². The first-order chi connectivity index (χ1) is 7.63. The Bertz CT molecular complexity index is 343. The topological polar surface area (TPSA) is 29.9 Å². The van der Waals surface area contributed by atoms with Gasteiger partial charge in [-0.05, 0) is 33.6 Å². The second-order valence-electron chi connectivity index (χ2n) is 5.24. The molecule has 90 valence electrons. The summed E-state index contributed by atoms with van der Waals surface area (Å²) < 4.78 is 2.31.